The number of carboxylic acids is 1. The van der Waals surface area contributed by atoms with Crippen LogP contribution in [0.15, 0.2) is 54.6 Å². The predicted molar refractivity (Wildman–Crippen MR) is 109 cm³/mol. The van der Waals surface area contributed by atoms with Gasteiger partial charge in [0, 0.05) is 17.5 Å². The Bertz CT molecular complexity index is 689. The van der Waals surface area contributed by atoms with Crippen molar-refractivity contribution in [2.24, 2.45) is 0 Å². The number of benzene rings is 2. The van der Waals surface area contributed by atoms with Crippen molar-refractivity contribution in [2.45, 2.75) is 64.2 Å². The largest absolute Gasteiger partial charge is 0.481 e. The van der Waals surface area contributed by atoms with Gasteiger partial charge in [0.2, 0.25) is 0 Å². The van der Waals surface area contributed by atoms with E-state index in [2.05, 4.69) is 12.1 Å². The third-order valence-electron chi connectivity index (χ3n) is 4.86. The minimum absolute atomic E-state index is 0.0745. The zero-order valence-electron chi connectivity index (χ0n) is 16.0. The van der Waals surface area contributed by atoms with Gasteiger partial charge in [-0.3, -0.25) is 9.59 Å². The Hall–Kier alpha value is -2.42. The van der Waals surface area contributed by atoms with Crippen LogP contribution in [0.3, 0.4) is 0 Å². The summed E-state index contributed by atoms with van der Waals surface area (Å²) in [7, 11) is 0. The van der Waals surface area contributed by atoms with Gasteiger partial charge in [0.15, 0.2) is 5.78 Å². The Labute approximate surface area is 162 Å². The first-order chi connectivity index (χ1) is 13.2. The average Bonchev–Trinajstić information content (AvgIpc) is 2.70. The summed E-state index contributed by atoms with van der Waals surface area (Å²) in [6, 6.07) is 17.4. The first-order valence-electron chi connectivity index (χ1n) is 10.1. The van der Waals surface area contributed by atoms with Crippen molar-refractivity contribution in [3.05, 3.63) is 71.3 Å². The van der Waals surface area contributed by atoms with Crippen LogP contribution in [0, 0.1) is 0 Å². The highest BCUT2D eigenvalue weighted by molar-refractivity contribution is 6.08. The number of carboxylic acid groups (broad SMARTS) is 1. The number of carbonyl (C=O) groups is 2. The van der Waals surface area contributed by atoms with Crippen LogP contribution in [0.5, 0.6) is 0 Å². The monoisotopic (exact) mass is 366 g/mol. The second-order valence-electron chi connectivity index (χ2n) is 7.11. The summed E-state index contributed by atoms with van der Waals surface area (Å²) >= 11 is 0. The molecule has 0 amide bonds. The third-order valence-corrected chi connectivity index (χ3v) is 4.86. The summed E-state index contributed by atoms with van der Waals surface area (Å²) in [6.07, 6.45) is 10.4. The van der Waals surface area contributed by atoms with Gasteiger partial charge in [0.05, 0.1) is 0 Å². The van der Waals surface area contributed by atoms with E-state index in [1.54, 1.807) is 0 Å². The van der Waals surface area contributed by atoms with Crippen LogP contribution in [-0.2, 0) is 11.2 Å². The zero-order valence-corrected chi connectivity index (χ0v) is 16.0. The Balaban J connectivity index is 1.58. The lowest BCUT2D eigenvalue weighted by Crippen LogP contribution is -2.01. The molecule has 0 saturated carbocycles. The predicted octanol–water partition coefficient (Wildman–Crippen LogP) is 6.06. The maximum absolute atomic E-state index is 12.4. The minimum Gasteiger partial charge on any atom is -0.481 e. The molecule has 0 aliphatic carbocycles. The Morgan fingerprint density at radius 2 is 1.15 bits per heavy atom. The van der Waals surface area contributed by atoms with E-state index in [1.807, 2.05) is 42.5 Å². The van der Waals surface area contributed by atoms with E-state index < -0.39 is 5.97 Å². The van der Waals surface area contributed by atoms with Gasteiger partial charge in [-0.05, 0) is 24.8 Å². The standard InChI is InChI=1S/C24H30O3/c25-23(26)15-11-6-4-2-1-3-5-8-12-20-16-18-22(19-17-20)24(27)21-13-9-7-10-14-21/h7,9-10,13-14,16-19H,1-6,8,11-12,15H2,(H,25,26). The molecule has 27 heavy (non-hydrogen) atoms. The van der Waals surface area contributed by atoms with Crippen LogP contribution < -0.4 is 0 Å². The zero-order chi connectivity index (χ0) is 19.3. The fourth-order valence-corrected chi connectivity index (χ4v) is 3.24. The summed E-state index contributed by atoms with van der Waals surface area (Å²) in [4.78, 5) is 22.8. The molecule has 1 N–H and O–H groups in total. The van der Waals surface area contributed by atoms with Crippen molar-refractivity contribution in [3.8, 4) is 0 Å². The smallest absolute Gasteiger partial charge is 0.303 e. The summed E-state index contributed by atoms with van der Waals surface area (Å²) in [6.45, 7) is 0. The number of rotatable bonds is 13. The van der Waals surface area contributed by atoms with E-state index in [0.29, 0.717) is 6.42 Å². The fraction of sp³-hybridized carbons (Fsp3) is 0.417. The van der Waals surface area contributed by atoms with Gasteiger partial charge in [-0.1, -0.05) is 93.1 Å². The van der Waals surface area contributed by atoms with Gasteiger partial charge in [-0.2, -0.15) is 0 Å². The molecule has 0 unspecified atom stereocenters. The lowest BCUT2D eigenvalue weighted by molar-refractivity contribution is -0.137. The van der Waals surface area contributed by atoms with E-state index in [9.17, 15) is 9.59 Å². The average molecular weight is 367 g/mol. The molecule has 3 heteroatoms. The van der Waals surface area contributed by atoms with Crippen LogP contribution in [0.4, 0.5) is 0 Å². The molecule has 144 valence electrons. The Morgan fingerprint density at radius 3 is 1.74 bits per heavy atom. The lowest BCUT2D eigenvalue weighted by atomic mass is 9.99. The third kappa shape index (κ3) is 8.21. The first kappa shape index (κ1) is 20.9. The van der Waals surface area contributed by atoms with Crippen LogP contribution >= 0.6 is 0 Å². The molecule has 0 aromatic heterocycles. The van der Waals surface area contributed by atoms with Gasteiger partial charge in [0.1, 0.15) is 0 Å². The minimum atomic E-state index is -0.688. The first-order valence-corrected chi connectivity index (χ1v) is 10.1. The van der Waals surface area contributed by atoms with Gasteiger partial charge in [0.25, 0.3) is 0 Å². The molecule has 0 spiro atoms. The van der Waals surface area contributed by atoms with E-state index in [0.717, 1.165) is 36.8 Å². The topological polar surface area (TPSA) is 54.4 Å². The molecule has 2 aromatic carbocycles. The molecule has 2 rings (SSSR count). The SMILES string of the molecule is O=C(O)CCCCCCCCCCc1ccc(C(=O)c2ccccc2)cc1. The number of aliphatic carboxylic acids is 1. The van der Waals surface area contributed by atoms with Crippen molar-refractivity contribution in [2.75, 3.05) is 0 Å². The maximum atomic E-state index is 12.4. The summed E-state index contributed by atoms with van der Waals surface area (Å²) in [5.41, 5.74) is 2.76. The highest BCUT2D eigenvalue weighted by Crippen LogP contribution is 2.14. The van der Waals surface area contributed by atoms with Gasteiger partial charge in [-0.15, -0.1) is 0 Å². The molecular formula is C24H30O3. The Kier molecular flexibility index (Phi) is 9.33. The molecular weight excluding hydrogens is 336 g/mol. The van der Waals surface area contributed by atoms with E-state index >= 15 is 0 Å². The van der Waals surface area contributed by atoms with Gasteiger partial charge in [-0.25, -0.2) is 0 Å². The van der Waals surface area contributed by atoms with Crippen molar-refractivity contribution in [1.82, 2.24) is 0 Å². The van der Waals surface area contributed by atoms with Crippen LogP contribution in [0.25, 0.3) is 0 Å². The number of hydrogen-bond donors (Lipinski definition) is 1. The molecule has 0 saturated heterocycles. The molecule has 0 bridgehead atoms. The molecule has 3 nitrogen and oxygen atoms in total. The second-order valence-corrected chi connectivity index (χ2v) is 7.11. The second kappa shape index (κ2) is 12.1. The highest BCUT2D eigenvalue weighted by atomic mass is 16.4. The van der Waals surface area contributed by atoms with Crippen molar-refractivity contribution in [1.29, 1.82) is 0 Å². The van der Waals surface area contributed by atoms with Gasteiger partial charge < -0.3 is 5.11 Å². The summed E-state index contributed by atoms with van der Waals surface area (Å²) in [5.74, 6) is -0.613. The van der Waals surface area contributed by atoms with Crippen LogP contribution in [-0.4, -0.2) is 16.9 Å². The van der Waals surface area contributed by atoms with E-state index in [4.69, 9.17) is 5.11 Å². The summed E-state index contributed by atoms with van der Waals surface area (Å²) in [5, 5.41) is 8.59. The van der Waals surface area contributed by atoms with E-state index in [-0.39, 0.29) is 5.78 Å². The number of carbonyl (C=O) groups excluding carboxylic acids is 1. The number of aryl methyl sites for hydroxylation is 1. The van der Waals surface area contributed by atoms with E-state index in [1.165, 1.54) is 37.7 Å². The Morgan fingerprint density at radius 1 is 0.630 bits per heavy atom. The quantitative estimate of drug-likeness (QED) is 0.346. The molecule has 0 aliphatic rings. The molecule has 0 atom stereocenters. The van der Waals surface area contributed by atoms with Crippen molar-refractivity contribution >= 4 is 11.8 Å². The summed E-state index contributed by atoms with van der Waals surface area (Å²) < 4.78 is 0. The molecule has 0 aliphatic heterocycles. The highest BCUT2D eigenvalue weighted by Gasteiger charge is 2.07. The number of hydrogen-bond acceptors (Lipinski definition) is 2. The maximum Gasteiger partial charge on any atom is 0.303 e. The molecule has 2 aromatic rings. The molecule has 0 fully saturated rings. The normalized spacial score (nSPS) is 10.7. The molecule has 0 radical (unpaired) electrons. The number of ketones is 1. The van der Waals surface area contributed by atoms with Crippen LogP contribution in [0.2, 0.25) is 0 Å². The number of unbranched alkanes of at least 4 members (excludes halogenated alkanes) is 7. The fourth-order valence-electron chi connectivity index (χ4n) is 3.24. The molecule has 0 heterocycles. The van der Waals surface area contributed by atoms with Gasteiger partial charge >= 0.3 is 5.97 Å². The van der Waals surface area contributed by atoms with Crippen molar-refractivity contribution in [3.63, 3.8) is 0 Å². The van der Waals surface area contributed by atoms with Crippen molar-refractivity contribution < 1.29 is 14.7 Å². The van der Waals surface area contributed by atoms with Crippen LogP contribution in [0.1, 0.15) is 79.3 Å². The lowest BCUT2D eigenvalue weighted by Gasteiger charge is -2.05.